The third-order valence-electron chi connectivity index (χ3n) is 5.10. The van der Waals surface area contributed by atoms with Gasteiger partial charge in [-0.3, -0.25) is 0 Å². The molecule has 1 aromatic carbocycles. The maximum absolute atomic E-state index is 11.6. The molecule has 160 valence electrons. The number of phenolic OH excluding ortho intramolecular Hbond substituents is 1. The van der Waals surface area contributed by atoms with Crippen molar-refractivity contribution in [1.29, 1.82) is 0 Å². The average Bonchev–Trinajstić information content (AvgIpc) is 3.12. The zero-order chi connectivity index (χ0) is 19.8. The Morgan fingerprint density at radius 3 is 2.93 bits per heavy atom. The first-order valence-electron chi connectivity index (χ1n) is 9.69. The zero-order valence-corrected chi connectivity index (χ0v) is 20.6. The number of phenols is 1. The number of halogens is 2. The molecule has 0 radical (unpaired) electrons. The van der Waals surface area contributed by atoms with Crippen LogP contribution in [-0.2, 0) is 20.8 Å². The Morgan fingerprint density at radius 1 is 1.36 bits per heavy atom. The van der Waals surface area contributed by atoms with Crippen LogP contribution in [0.2, 0.25) is 0 Å². The van der Waals surface area contributed by atoms with E-state index < -0.39 is 15.8 Å². The molecular weight excluding hydrogens is 588 g/mol. The molecule has 1 unspecified atom stereocenters. The molecule has 0 spiro atoms. The zero-order valence-electron chi connectivity index (χ0n) is 16.3. The molecule has 1 N–H and O–H groups in total. The van der Waals surface area contributed by atoms with Crippen LogP contribution < -0.4 is 22.0 Å². The van der Waals surface area contributed by atoms with Crippen molar-refractivity contribution >= 4 is 22.3 Å². The van der Waals surface area contributed by atoms with Gasteiger partial charge in [0, 0.05) is 0 Å². The SMILES string of the molecule is COc1cccc(O)c1CN(C=O)CCC1CC[I-]I(CC2OCCO2)CC1. The van der Waals surface area contributed by atoms with Crippen molar-refractivity contribution in [3.05, 3.63) is 23.8 Å². The molecule has 6 nitrogen and oxygen atoms in total. The molecule has 0 aliphatic carbocycles. The number of amides is 1. The summed E-state index contributed by atoms with van der Waals surface area (Å²) in [5.41, 5.74) is 0.675. The first-order chi connectivity index (χ1) is 13.7. The van der Waals surface area contributed by atoms with E-state index in [0.29, 0.717) is 41.0 Å². The molecular formula is C20H30I2NO5-. The molecule has 2 aliphatic heterocycles. The Kier molecular flexibility index (Phi) is 9.38. The third-order valence-corrected chi connectivity index (χ3v) is 23.6. The number of benzene rings is 1. The van der Waals surface area contributed by atoms with Crippen molar-refractivity contribution in [2.75, 3.05) is 40.2 Å². The summed E-state index contributed by atoms with van der Waals surface area (Å²) in [6.45, 7) is 2.64. The predicted molar refractivity (Wildman–Crippen MR) is 113 cm³/mol. The third kappa shape index (κ3) is 6.60. The quantitative estimate of drug-likeness (QED) is 0.241. The Balaban J connectivity index is 1.46. The van der Waals surface area contributed by atoms with Gasteiger partial charge in [-0.2, -0.15) is 0 Å². The number of nitrogens with zero attached hydrogens (tertiary/aromatic N) is 1. The Labute approximate surface area is 181 Å². The van der Waals surface area contributed by atoms with Crippen LogP contribution >= 0.6 is 15.8 Å². The summed E-state index contributed by atoms with van der Waals surface area (Å²) in [5.74, 6) is 1.51. The molecule has 3 rings (SSSR count). The minimum absolute atomic E-state index is 0.0977. The van der Waals surface area contributed by atoms with Crippen LogP contribution in [0.4, 0.5) is 0 Å². The van der Waals surface area contributed by atoms with Crippen LogP contribution in [0.1, 0.15) is 24.8 Å². The van der Waals surface area contributed by atoms with Gasteiger partial charge in [0.2, 0.25) is 0 Å². The molecule has 0 aromatic heterocycles. The van der Waals surface area contributed by atoms with Gasteiger partial charge in [-0.25, -0.2) is 0 Å². The number of ether oxygens (including phenoxy) is 3. The summed E-state index contributed by atoms with van der Waals surface area (Å²) in [7, 11) is 1.58. The van der Waals surface area contributed by atoms with E-state index in [-0.39, 0.29) is 12.0 Å². The number of aromatic hydroxyl groups is 1. The van der Waals surface area contributed by atoms with E-state index in [1.807, 2.05) is 6.07 Å². The van der Waals surface area contributed by atoms with Gasteiger partial charge in [0.1, 0.15) is 0 Å². The van der Waals surface area contributed by atoms with Crippen LogP contribution in [0.15, 0.2) is 18.2 Å². The van der Waals surface area contributed by atoms with E-state index >= 15 is 0 Å². The summed E-state index contributed by atoms with van der Waals surface area (Å²) in [6, 6.07) is 5.20. The van der Waals surface area contributed by atoms with Gasteiger partial charge in [-0.1, -0.05) is 0 Å². The van der Waals surface area contributed by atoms with Crippen LogP contribution in [0.5, 0.6) is 11.5 Å². The summed E-state index contributed by atoms with van der Waals surface area (Å²) < 4.78 is 20.7. The molecule has 1 amide bonds. The number of rotatable bonds is 9. The van der Waals surface area contributed by atoms with Crippen molar-refractivity contribution in [3.8, 4) is 11.5 Å². The number of carbonyl (C=O) groups excluding carboxylic acids is 1. The molecule has 8 heteroatoms. The van der Waals surface area contributed by atoms with Crippen molar-refractivity contribution in [2.45, 2.75) is 32.1 Å². The van der Waals surface area contributed by atoms with E-state index in [1.165, 1.54) is 26.1 Å². The fraction of sp³-hybridized carbons (Fsp3) is 0.650. The van der Waals surface area contributed by atoms with Gasteiger partial charge in [0.25, 0.3) is 0 Å². The molecule has 1 atom stereocenters. The minimum atomic E-state index is -0.853. The summed E-state index contributed by atoms with van der Waals surface area (Å²) in [4.78, 5) is 13.4. The standard InChI is InChI=1S/C20H30I2NO5/c1-26-19-4-2-3-18(25)17(19)14-23(15-24)10-7-16-5-8-21-22(9-6-16)13-20-27-11-12-28-20/h2-4,15-16,20,25H,5-14H2,1H3/q-1. The van der Waals surface area contributed by atoms with Gasteiger partial charge in [0.15, 0.2) is 0 Å². The Morgan fingerprint density at radius 2 is 2.18 bits per heavy atom. The molecule has 28 heavy (non-hydrogen) atoms. The summed E-state index contributed by atoms with van der Waals surface area (Å²) in [5, 5.41) is 10.1. The van der Waals surface area contributed by atoms with E-state index in [1.54, 1.807) is 24.1 Å². The number of carbonyl (C=O) groups is 1. The fourth-order valence-electron chi connectivity index (χ4n) is 3.43. The molecule has 2 saturated heterocycles. The molecule has 1 aromatic rings. The first-order valence-corrected chi connectivity index (χ1v) is 20.5. The maximum atomic E-state index is 11.6. The molecule has 0 bridgehead atoms. The molecule has 0 saturated carbocycles. The van der Waals surface area contributed by atoms with Crippen LogP contribution in [0.25, 0.3) is 0 Å². The number of hydrogen-bond donors (Lipinski definition) is 1. The van der Waals surface area contributed by atoms with Gasteiger partial charge in [-0.15, -0.1) is 0 Å². The molecule has 2 heterocycles. The van der Waals surface area contributed by atoms with E-state index in [4.69, 9.17) is 14.2 Å². The van der Waals surface area contributed by atoms with Crippen molar-refractivity contribution in [1.82, 2.24) is 4.90 Å². The number of methoxy groups -OCH3 is 1. The van der Waals surface area contributed by atoms with E-state index in [2.05, 4.69) is 0 Å². The van der Waals surface area contributed by atoms with Crippen molar-refractivity contribution in [2.24, 2.45) is 5.92 Å². The number of alkyl halides is 3. The Hall–Kier alpha value is -0.330. The normalized spacial score (nSPS) is 22.3. The topological polar surface area (TPSA) is 68.2 Å². The van der Waals surface area contributed by atoms with Crippen LogP contribution in [0, 0.1) is 5.92 Å². The fourth-order valence-corrected chi connectivity index (χ4v) is 21.3. The Bertz CT molecular complexity index is 627. The van der Waals surface area contributed by atoms with Crippen molar-refractivity contribution in [3.63, 3.8) is 0 Å². The molecule has 2 fully saturated rings. The van der Waals surface area contributed by atoms with Gasteiger partial charge >= 0.3 is 182 Å². The summed E-state index contributed by atoms with van der Waals surface area (Å²) >= 11 is -0.496. The monoisotopic (exact) mass is 618 g/mol. The molecule has 2 aliphatic rings. The number of hydrogen-bond acceptors (Lipinski definition) is 5. The average molecular weight is 618 g/mol. The van der Waals surface area contributed by atoms with Crippen LogP contribution in [-0.4, -0.2) is 62.9 Å². The van der Waals surface area contributed by atoms with Gasteiger partial charge in [-0.05, 0) is 0 Å². The van der Waals surface area contributed by atoms with E-state index in [0.717, 1.165) is 32.6 Å². The second-order valence-corrected chi connectivity index (χ2v) is 24.4. The van der Waals surface area contributed by atoms with E-state index in [9.17, 15) is 9.90 Å². The van der Waals surface area contributed by atoms with Gasteiger partial charge in [0.05, 0.1) is 0 Å². The first kappa shape index (κ1) is 22.4. The summed E-state index contributed by atoms with van der Waals surface area (Å²) in [6.07, 6.45) is 4.63. The van der Waals surface area contributed by atoms with Crippen LogP contribution in [0.3, 0.4) is 0 Å². The second-order valence-electron chi connectivity index (χ2n) is 6.96. The van der Waals surface area contributed by atoms with Crippen molar-refractivity contribution < 1.29 is 41.3 Å². The van der Waals surface area contributed by atoms with Gasteiger partial charge < -0.3 is 0 Å². The predicted octanol–water partition coefficient (Wildman–Crippen LogP) is 0.0426. The second kappa shape index (κ2) is 11.8.